The van der Waals surface area contributed by atoms with E-state index in [1.54, 1.807) is 7.11 Å². The quantitative estimate of drug-likeness (QED) is 0.343. The molecule has 100 valence electrons. The van der Waals surface area contributed by atoms with E-state index in [2.05, 4.69) is 4.72 Å². The minimum Gasteiger partial charge on any atom is -0.387 e. The summed E-state index contributed by atoms with van der Waals surface area (Å²) in [6.45, 7) is 0.432. The van der Waals surface area contributed by atoms with Crippen molar-refractivity contribution in [2.45, 2.75) is 31.7 Å². The van der Waals surface area contributed by atoms with Crippen molar-refractivity contribution in [3.8, 4) is 0 Å². The molecule has 7 heteroatoms. The van der Waals surface area contributed by atoms with Gasteiger partial charge in [0, 0.05) is 25.7 Å². The smallest absolute Gasteiger partial charge is 0.211 e. The topological polar surface area (TPSA) is 105 Å². The van der Waals surface area contributed by atoms with E-state index in [-0.39, 0.29) is 23.5 Å². The third-order valence-corrected chi connectivity index (χ3v) is 4.50. The molecule has 0 aromatic heterocycles. The van der Waals surface area contributed by atoms with Crippen LogP contribution in [-0.4, -0.2) is 39.8 Å². The first-order valence-electron chi connectivity index (χ1n) is 5.79. The number of ether oxygens (including phenoxy) is 1. The lowest BCUT2D eigenvalue weighted by molar-refractivity contribution is 0.199. The van der Waals surface area contributed by atoms with Gasteiger partial charge in [0.15, 0.2) is 0 Å². The average molecular weight is 263 g/mol. The molecule has 1 aliphatic rings. The molecule has 1 rings (SSSR count). The Hall–Kier alpha value is -0.660. The van der Waals surface area contributed by atoms with Gasteiger partial charge in [0.25, 0.3) is 0 Å². The second-order valence-corrected chi connectivity index (χ2v) is 6.26. The van der Waals surface area contributed by atoms with Crippen molar-refractivity contribution in [2.24, 2.45) is 11.7 Å². The minimum atomic E-state index is -3.29. The van der Waals surface area contributed by atoms with Gasteiger partial charge in [-0.05, 0) is 19.3 Å². The Labute approximate surface area is 102 Å². The van der Waals surface area contributed by atoms with E-state index in [0.29, 0.717) is 13.0 Å². The van der Waals surface area contributed by atoms with Crippen LogP contribution < -0.4 is 10.5 Å². The Morgan fingerprint density at radius 1 is 1.53 bits per heavy atom. The van der Waals surface area contributed by atoms with Gasteiger partial charge < -0.3 is 10.5 Å². The predicted octanol–water partition coefficient (Wildman–Crippen LogP) is 0.0470. The lowest BCUT2D eigenvalue weighted by Crippen LogP contribution is -2.43. The molecule has 0 heterocycles. The maximum absolute atomic E-state index is 11.8. The third-order valence-electron chi connectivity index (χ3n) is 3.01. The summed E-state index contributed by atoms with van der Waals surface area (Å²) in [7, 11) is -1.74. The Balaban J connectivity index is 2.49. The van der Waals surface area contributed by atoms with Crippen molar-refractivity contribution in [1.82, 2.24) is 4.72 Å². The highest BCUT2D eigenvalue weighted by Gasteiger charge is 2.32. The van der Waals surface area contributed by atoms with Crippen LogP contribution >= 0.6 is 0 Å². The number of hydrogen-bond acceptors (Lipinski definition) is 4. The van der Waals surface area contributed by atoms with Crippen LogP contribution in [0.1, 0.15) is 25.7 Å². The van der Waals surface area contributed by atoms with Crippen LogP contribution in [0, 0.1) is 11.3 Å². The summed E-state index contributed by atoms with van der Waals surface area (Å²) in [6, 6.07) is -0.208. The fourth-order valence-corrected chi connectivity index (χ4v) is 3.52. The summed E-state index contributed by atoms with van der Waals surface area (Å²) >= 11 is 0. The first kappa shape index (κ1) is 14.4. The zero-order valence-electron chi connectivity index (χ0n) is 10.1. The highest BCUT2D eigenvalue weighted by molar-refractivity contribution is 7.89. The summed E-state index contributed by atoms with van der Waals surface area (Å²) in [4.78, 5) is 0. The number of methoxy groups -OCH3 is 1. The van der Waals surface area contributed by atoms with E-state index in [4.69, 9.17) is 15.9 Å². The molecule has 4 N–H and O–H groups in total. The van der Waals surface area contributed by atoms with Crippen molar-refractivity contribution in [3.63, 3.8) is 0 Å². The van der Waals surface area contributed by atoms with Gasteiger partial charge in [-0.3, -0.25) is 5.41 Å². The molecule has 0 bridgehead atoms. The van der Waals surface area contributed by atoms with E-state index in [9.17, 15) is 8.42 Å². The molecule has 0 aliphatic heterocycles. The number of nitrogens with two attached hydrogens (primary N) is 1. The zero-order valence-corrected chi connectivity index (χ0v) is 10.9. The predicted molar refractivity (Wildman–Crippen MR) is 66.5 cm³/mol. The molecule has 0 aromatic carbocycles. The lowest BCUT2D eigenvalue weighted by Gasteiger charge is -2.19. The number of nitrogens with one attached hydrogen (secondary N) is 2. The van der Waals surface area contributed by atoms with E-state index in [0.717, 1.165) is 19.3 Å². The van der Waals surface area contributed by atoms with Crippen LogP contribution in [0.3, 0.4) is 0 Å². The molecule has 2 atom stereocenters. The molecular weight excluding hydrogens is 242 g/mol. The highest BCUT2D eigenvalue weighted by Crippen LogP contribution is 2.26. The lowest BCUT2D eigenvalue weighted by atomic mass is 10.0. The van der Waals surface area contributed by atoms with Gasteiger partial charge >= 0.3 is 0 Å². The zero-order chi connectivity index (χ0) is 12.9. The van der Waals surface area contributed by atoms with Crippen LogP contribution in [0.25, 0.3) is 0 Å². The molecule has 1 fully saturated rings. The summed E-state index contributed by atoms with van der Waals surface area (Å²) in [5, 5.41) is 7.42. The van der Waals surface area contributed by atoms with E-state index in [1.807, 2.05) is 0 Å². The van der Waals surface area contributed by atoms with Crippen molar-refractivity contribution >= 4 is 15.9 Å². The Morgan fingerprint density at radius 2 is 2.24 bits per heavy atom. The molecule has 0 aromatic rings. The highest BCUT2D eigenvalue weighted by atomic mass is 32.2. The summed E-state index contributed by atoms with van der Waals surface area (Å²) < 4.78 is 31.0. The first-order valence-corrected chi connectivity index (χ1v) is 7.44. The van der Waals surface area contributed by atoms with Crippen LogP contribution in [0.4, 0.5) is 0 Å². The molecule has 17 heavy (non-hydrogen) atoms. The van der Waals surface area contributed by atoms with Gasteiger partial charge in [0.1, 0.15) is 0 Å². The molecule has 0 spiro atoms. The normalized spacial score (nSPS) is 25.0. The van der Waals surface area contributed by atoms with Crippen LogP contribution in [0.2, 0.25) is 0 Å². The molecule has 0 saturated heterocycles. The van der Waals surface area contributed by atoms with Crippen molar-refractivity contribution in [3.05, 3.63) is 0 Å². The first-order chi connectivity index (χ1) is 7.96. The van der Waals surface area contributed by atoms with Gasteiger partial charge in [-0.15, -0.1) is 0 Å². The molecule has 6 nitrogen and oxygen atoms in total. The summed E-state index contributed by atoms with van der Waals surface area (Å²) in [6.07, 6.45) is 2.94. The monoisotopic (exact) mass is 263 g/mol. The maximum atomic E-state index is 11.8. The van der Waals surface area contributed by atoms with Crippen LogP contribution in [0.15, 0.2) is 0 Å². The molecule has 0 radical (unpaired) electrons. The molecule has 0 amide bonds. The Bertz CT molecular complexity index is 356. The summed E-state index contributed by atoms with van der Waals surface area (Å²) in [5.74, 6) is -0.0126. The Morgan fingerprint density at radius 3 is 2.82 bits per heavy atom. The number of sulfonamides is 1. The largest absolute Gasteiger partial charge is 0.387 e. The van der Waals surface area contributed by atoms with Gasteiger partial charge in [-0.2, -0.15) is 0 Å². The van der Waals surface area contributed by atoms with Crippen LogP contribution in [0.5, 0.6) is 0 Å². The minimum absolute atomic E-state index is 0.0575. The molecular formula is C10H21N3O3S. The fourth-order valence-electron chi connectivity index (χ4n) is 2.16. The van der Waals surface area contributed by atoms with Gasteiger partial charge in [0.2, 0.25) is 10.0 Å². The molecule has 1 saturated carbocycles. The second-order valence-electron chi connectivity index (χ2n) is 4.38. The van der Waals surface area contributed by atoms with E-state index >= 15 is 0 Å². The third kappa shape index (κ3) is 4.61. The molecule has 1 aliphatic carbocycles. The average Bonchev–Trinajstić information content (AvgIpc) is 2.65. The van der Waals surface area contributed by atoms with Crippen molar-refractivity contribution in [2.75, 3.05) is 19.5 Å². The number of amidine groups is 1. The van der Waals surface area contributed by atoms with E-state index < -0.39 is 10.0 Å². The van der Waals surface area contributed by atoms with E-state index in [1.165, 1.54) is 0 Å². The second kappa shape index (κ2) is 6.32. The Kier molecular flexibility index (Phi) is 5.35. The fraction of sp³-hybridized carbons (Fsp3) is 0.900. The number of hydrogen-bond donors (Lipinski definition) is 3. The van der Waals surface area contributed by atoms with Gasteiger partial charge in [-0.1, -0.05) is 6.42 Å². The summed E-state index contributed by atoms with van der Waals surface area (Å²) in [5.41, 5.74) is 5.46. The number of rotatable bonds is 7. The van der Waals surface area contributed by atoms with Crippen molar-refractivity contribution in [1.29, 1.82) is 5.41 Å². The standard InChI is InChI=1S/C10H21N3O3S/c1-16-6-3-7-17(14,15)13-9-5-2-4-8(9)10(11)12/h8-9,13H,2-7H2,1H3,(H3,11,12). The van der Waals surface area contributed by atoms with Gasteiger partial charge in [0.05, 0.1) is 11.6 Å². The maximum Gasteiger partial charge on any atom is 0.211 e. The van der Waals surface area contributed by atoms with Crippen molar-refractivity contribution < 1.29 is 13.2 Å². The SMILES string of the molecule is COCCCS(=O)(=O)NC1CCCC1C(=N)N. The molecule has 2 unspecified atom stereocenters. The van der Waals surface area contributed by atoms with Crippen LogP contribution in [-0.2, 0) is 14.8 Å². The van der Waals surface area contributed by atoms with Gasteiger partial charge in [-0.25, -0.2) is 13.1 Å².